The lowest BCUT2D eigenvalue weighted by molar-refractivity contribution is 0.315. The molecule has 0 amide bonds. The highest BCUT2D eigenvalue weighted by Gasteiger charge is 2.25. The largest absolute Gasteiger partial charge is 0.370 e. The minimum atomic E-state index is -0.437. The first kappa shape index (κ1) is 21.1. The molecule has 5 nitrogen and oxygen atoms in total. The summed E-state index contributed by atoms with van der Waals surface area (Å²) in [4.78, 5) is 22.9. The van der Waals surface area contributed by atoms with E-state index in [0.29, 0.717) is 21.3 Å². The van der Waals surface area contributed by atoms with E-state index in [9.17, 15) is 4.79 Å². The minimum absolute atomic E-state index is 0.206. The van der Waals surface area contributed by atoms with E-state index in [2.05, 4.69) is 28.9 Å². The average molecular weight is 469 g/mol. The van der Waals surface area contributed by atoms with Crippen molar-refractivity contribution >= 4 is 38.8 Å². The van der Waals surface area contributed by atoms with Crippen LogP contribution < -0.4 is 10.5 Å². The topological polar surface area (TPSA) is 41.4 Å². The van der Waals surface area contributed by atoms with Gasteiger partial charge in [-0.3, -0.25) is 9.36 Å². The molecule has 0 spiro atoms. The van der Waals surface area contributed by atoms with Gasteiger partial charge in [0.2, 0.25) is 0 Å². The summed E-state index contributed by atoms with van der Waals surface area (Å²) in [5.74, 6) is -0.437. The standard InChI is InChI=1S/C24H22ClFN4OS/c1-28(2)18-9-10-29(13-18)17-7-8-21(19(26)11-17)30-14-27-20-12-22(32-23(20)24(30)31)15-3-5-16(25)6-4-15/h3-8,11-12,14,18H,9-10,13H2,1-2H3. The first-order valence-electron chi connectivity index (χ1n) is 10.4. The summed E-state index contributed by atoms with van der Waals surface area (Å²) >= 11 is 7.33. The maximum atomic E-state index is 15.1. The lowest BCUT2D eigenvalue weighted by Crippen LogP contribution is -2.31. The SMILES string of the molecule is CN(C)C1CCN(c2ccc(-n3cnc4cc(-c5ccc(Cl)cc5)sc4c3=O)c(F)c2)C1. The number of aromatic nitrogens is 2. The lowest BCUT2D eigenvalue weighted by atomic mass is 10.2. The molecule has 5 rings (SSSR count). The number of rotatable bonds is 4. The van der Waals surface area contributed by atoms with Crippen LogP contribution >= 0.6 is 22.9 Å². The van der Waals surface area contributed by atoms with E-state index < -0.39 is 5.82 Å². The molecule has 164 valence electrons. The van der Waals surface area contributed by atoms with Gasteiger partial charge in [0.15, 0.2) is 0 Å². The van der Waals surface area contributed by atoms with E-state index in [0.717, 1.165) is 35.6 Å². The van der Waals surface area contributed by atoms with Crippen molar-refractivity contribution in [2.75, 3.05) is 32.1 Å². The molecule has 3 heterocycles. The zero-order valence-electron chi connectivity index (χ0n) is 17.8. The monoisotopic (exact) mass is 468 g/mol. The van der Waals surface area contributed by atoms with Crippen LogP contribution in [0.25, 0.3) is 26.3 Å². The highest BCUT2D eigenvalue weighted by atomic mass is 35.5. The van der Waals surface area contributed by atoms with Gasteiger partial charge in [0.05, 0.1) is 11.2 Å². The van der Waals surface area contributed by atoms with Gasteiger partial charge in [0, 0.05) is 34.7 Å². The van der Waals surface area contributed by atoms with E-state index in [4.69, 9.17) is 11.6 Å². The van der Waals surface area contributed by atoms with Crippen molar-refractivity contribution < 1.29 is 4.39 Å². The highest BCUT2D eigenvalue weighted by molar-refractivity contribution is 7.22. The van der Waals surface area contributed by atoms with Gasteiger partial charge in [-0.05, 0) is 62.5 Å². The van der Waals surface area contributed by atoms with Crippen LogP contribution in [0.15, 0.2) is 59.7 Å². The molecule has 1 atom stereocenters. The molecule has 0 aliphatic carbocycles. The summed E-state index contributed by atoms with van der Waals surface area (Å²) in [5, 5.41) is 0.653. The van der Waals surface area contributed by atoms with Crippen LogP contribution in [0.5, 0.6) is 0 Å². The smallest absolute Gasteiger partial charge is 0.275 e. The minimum Gasteiger partial charge on any atom is -0.370 e. The molecule has 1 aliphatic heterocycles. The number of benzene rings is 2. The molecule has 0 N–H and O–H groups in total. The Labute approximate surface area is 194 Å². The maximum Gasteiger partial charge on any atom is 0.275 e. The Kier molecular flexibility index (Phi) is 5.49. The zero-order chi connectivity index (χ0) is 22.4. The second-order valence-corrected chi connectivity index (χ2v) is 9.73. The average Bonchev–Trinajstić information content (AvgIpc) is 3.43. The predicted molar refractivity (Wildman–Crippen MR) is 130 cm³/mol. The molecule has 2 aromatic heterocycles. The molecule has 1 unspecified atom stereocenters. The van der Waals surface area contributed by atoms with Gasteiger partial charge in [-0.1, -0.05) is 23.7 Å². The quantitative estimate of drug-likeness (QED) is 0.420. The van der Waals surface area contributed by atoms with Crippen molar-refractivity contribution in [1.29, 1.82) is 0 Å². The van der Waals surface area contributed by atoms with Crippen LogP contribution in [-0.2, 0) is 0 Å². The molecule has 0 radical (unpaired) electrons. The Bertz CT molecular complexity index is 1350. The van der Waals surface area contributed by atoms with Gasteiger partial charge in [-0.2, -0.15) is 0 Å². The van der Waals surface area contributed by atoms with Gasteiger partial charge < -0.3 is 9.80 Å². The maximum absolute atomic E-state index is 15.1. The Morgan fingerprint density at radius 1 is 1.16 bits per heavy atom. The summed E-state index contributed by atoms with van der Waals surface area (Å²) in [6, 6.07) is 14.8. The van der Waals surface area contributed by atoms with E-state index >= 15 is 4.39 Å². The number of nitrogens with zero attached hydrogens (tertiary/aromatic N) is 4. The number of hydrogen-bond donors (Lipinski definition) is 0. The number of fused-ring (bicyclic) bond motifs is 1. The third-order valence-corrected chi connectivity index (χ3v) is 7.43. The van der Waals surface area contributed by atoms with Crippen LogP contribution in [0.3, 0.4) is 0 Å². The second kappa shape index (κ2) is 8.31. The summed E-state index contributed by atoms with van der Waals surface area (Å²) in [7, 11) is 4.13. The first-order chi connectivity index (χ1) is 15.4. The molecule has 1 fully saturated rings. The molecule has 2 aromatic carbocycles. The van der Waals surface area contributed by atoms with E-state index in [1.165, 1.54) is 28.3 Å². The Hall–Kier alpha value is -2.74. The van der Waals surface area contributed by atoms with Crippen molar-refractivity contribution in [1.82, 2.24) is 14.5 Å². The molecular formula is C24H22ClFN4OS. The Balaban J connectivity index is 1.49. The van der Waals surface area contributed by atoms with Crippen molar-refractivity contribution in [3.63, 3.8) is 0 Å². The number of halogens is 2. The normalized spacial score (nSPS) is 16.4. The summed E-state index contributed by atoms with van der Waals surface area (Å²) in [6.45, 7) is 1.75. The van der Waals surface area contributed by atoms with E-state index in [1.807, 2.05) is 36.4 Å². The number of hydrogen-bond acceptors (Lipinski definition) is 5. The summed E-state index contributed by atoms with van der Waals surface area (Å²) in [5.41, 5.74) is 2.32. The van der Waals surface area contributed by atoms with E-state index in [-0.39, 0.29) is 11.2 Å². The third-order valence-electron chi connectivity index (χ3n) is 6.02. The van der Waals surface area contributed by atoms with Gasteiger partial charge >= 0.3 is 0 Å². The van der Waals surface area contributed by atoms with Crippen LogP contribution in [0.1, 0.15) is 6.42 Å². The first-order valence-corrected chi connectivity index (χ1v) is 11.6. The lowest BCUT2D eigenvalue weighted by Gasteiger charge is -2.22. The van der Waals surface area contributed by atoms with Crippen molar-refractivity contribution in [2.24, 2.45) is 0 Å². The van der Waals surface area contributed by atoms with Gasteiger partial charge in [-0.25, -0.2) is 9.37 Å². The molecule has 0 bridgehead atoms. The molecule has 32 heavy (non-hydrogen) atoms. The molecule has 1 aliphatic rings. The van der Waals surface area contributed by atoms with Gasteiger partial charge in [-0.15, -0.1) is 11.3 Å². The van der Waals surface area contributed by atoms with Crippen LogP contribution in [0, 0.1) is 5.82 Å². The summed E-state index contributed by atoms with van der Waals surface area (Å²) < 4.78 is 16.9. The molecule has 1 saturated heterocycles. The number of likely N-dealkylation sites (N-methyl/N-ethyl adjacent to an activating group) is 1. The molecule has 4 aromatic rings. The van der Waals surface area contributed by atoms with Gasteiger partial charge in [0.25, 0.3) is 5.56 Å². The number of thiophene rings is 1. The van der Waals surface area contributed by atoms with Crippen molar-refractivity contribution in [3.8, 4) is 16.1 Å². The van der Waals surface area contributed by atoms with Crippen LogP contribution in [0.4, 0.5) is 10.1 Å². The molecular weight excluding hydrogens is 447 g/mol. The Morgan fingerprint density at radius 3 is 2.62 bits per heavy atom. The van der Waals surface area contributed by atoms with Crippen molar-refractivity contribution in [3.05, 3.63) is 76.1 Å². The zero-order valence-corrected chi connectivity index (χ0v) is 19.3. The molecule has 0 saturated carbocycles. The third kappa shape index (κ3) is 3.81. The van der Waals surface area contributed by atoms with E-state index in [1.54, 1.807) is 6.07 Å². The highest BCUT2D eigenvalue weighted by Crippen LogP contribution is 2.32. The van der Waals surface area contributed by atoms with Gasteiger partial charge in [0.1, 0.15) is 16.8 Å². The van der Waals surface area contributed by atoms with Crippen LogP contribution in [0.2, 0.25) is 5.02 Å². The fraction of sp³-hybridized carbons (Fsp3) is 0.250. The fourth-order valence-corrected chi connectivity index (χ4v) is 5.30. The van der Waals surface area contributed by atoms with Crippen LogP contribution in [-0.4, -0.2) is 47.7 Å². The second-order valence-electron chi connectivity index (χ2n) is 8.24. The fourth-order valence-electron chi connectivity index (χ4n) is 4.13. The van der Waals surface area contributed by atoms with Crippen molar-refractivity contribution in [2.45, 2.75) is 12.5 Å². The Morgan fingerprint density at radius 2 is 1.94 bits per heavy atom. The molecule has 8 heteroatoms. The number of anilines is 1. The summed E-state index contributed by atoms with van der Waals surface area (Å²) in [6.07, 6.45) is 2.45. The predicted octanol–water partition coefficient (Wildman–Crippen LogP) is 5.05.